The molecule has 3 aromatic rings. The second-order valence-electron chi connectivity index (χ2n) is 8.49. The normalized spacial score (nSPS) is 19.7. The van der Waals surface area contributed by atoms with Gasteiger partial charge in [0.1, 0.15) is 11.6 Å². The predicted octanol–water partition coefficient (Wildman–Crippen LogP) is 4.91. The SMILES string of the molecule is NC1=NC(c2ccc(OS(=O)(=O)C(F)(F)F)cc2)(c2cccc(-c3cccc(Cl)c3)c2)C2=NCCCN12. The number of benzene rings is 3. The monoisotopic (exact) mass is 548 g/mol. The first-order valence-corrected chi connectivity index (χ1v) is 13.0. The van der Waals surface area contributed by atoms with E-state index in [1.54, 1.807) is 6.07 Å². The fourth-order valence-electron chi connectivity index (χ4n) is 4.49. The number of hydrogen-bond donors (Lipinski definition) is 1. The van der Waals surface area contributed by atoms with Crippen molar-refractivity contribution in [3.63, 3.8) is 0 Å². The number of fused-ring (bicyclic) bond motifs is 1. The quantitative estimate of drug-likeness (QED) is 0.361. The van der Waals surface area contributed by atoms with E-state index in [1.807, 2.05) is 47.4 Å². The Morgan fingerprint density at radius 1 is 0.973 bits per heavy atom. The number of halogens is 4. The van der Waals surface area contributed by atoms with Crippen molar-refractivity contribution in [2.45, 2.75) is 17.5 Å². The topological polar surface area (TPSA) is 97.3 Å². The standard InChI is InChI=1S/C25H20ClF3N4O3S/c26-20-7-2-5-17(15-20)16-4-1-6-19(14-16)24(22-31-12-3-13-33(22)23(30)32-24)18-8-10-21(11-9-18)36-37(34,35)25(27,28)29/h1-2,4-11,14-15H,3,12-13H2,(H2,30,32). The Balaban J connectivity index is 1.64. The van der Waals surface area contributed by atoms with Gasteiger partial charge in [0.25, 0.3) is 0 Å². The van der Waals surface area contributed by atoms with Gasteiger partial charge >= 0.3 is 15.6 Å². The number of alkyl halides is 3. The van der Waals surface area contributed by atoms with Crippen molar-refractivity contribution in [2.24, 2.45) is 15.7 Å². The first-order chi connectivity index (χ1) is 17.5. The lowest BCUT2D eigenvalue weighted by Gasteiger charge is -2.33. The maximum atomic E-state index is 12.8. The molecule has 0 aliphatic carbocycles. The van der Waals surface area contributed by atoms with Crippen molar-refractivity contribution >= 4 is 33.5 Å². The van der Waals surface area contributed by atoms with Crippen LogP contribution in [0.25, 0.3) is 11.1 Å². The Morgan fingerprint density at radius 2 is 1.65 bits per heavy atom. The van der Waals surface area contributed by atoms with Crippen molar-refractivity contribution in [2.75, 3.05) is 13.1 Å². The second-order valence-corrected chi connectivity index (χ2v) is 10.5. The Hall–Kier alpha value is -3.57. The molecule has 2 aliphatic heterocycles. The molecule has 1 unspecified atom stereocenters. The van der Waals surface area contributed by atoms with E-state index in [9.17, 15) is 21.6 Å². The van der Waals surface area contributed by atoms with Gasteiger partial charge in [0.05, 0.1) is 0 Å². The summed E-state index contributed by atoms with van der Waals surface area (Å²) in [6.07, 6.45) is 0.778. The number of nitrogens with zero attached hydrogens (tertiary/aromatic N) is 3. The molecule has 0 amide bonds. The van der Waals surface area contributed by atoms with Crippen LogP contribution in [0.3, 0.4) is 0 Å². The zero-order chi connectivity index (χ0) is 26.4. The fraction of sp³-hybridized carbons (Fsp3) is 0.200. The lowest BCUT2D eigenvalue weighted by Crippen LogP contribution is -2.46. The molecule has 0 aromatic heterocycles. The average molecular weight is 549 g/mol. The van der Waals surface area contributed by atoms with Crippen molar-refractivity contribution in [3.05, 3.63) is 88.9 Å². The number of rotatable bonds is 5. The van der Waals surface area contributed by atoms with Crippen LogP contribution in [-0.4, -0.2) is 43.7 Å². The van der Waals surface area contributed by atoms with Crippen LogP contribution in [-0.2, 0) is 15.7 Å². The van der Waals surface area contributed by atoms with Crippen molar-refractivity contribution in [3.8, 4) is 16.9 Å². The van der Waals surface area contributed by atoms with Crippen molar-refractivity contribution in [1.29, 1.82) is 0 Å². The first-order valence-electron chi connectivity index (χ1n) is 11.2. The molecule has 192 valence electrons. The molecule has 0 saturated carbocycles. The lowest BCUT2D eigenvalue weighted by atomic mass is 9.81. The fourth-order valence-corrected chi connectivity index (χ4v) is 5.14. The van der Waals surface area contributed by atoms with Crippen LogP contribution in [0.4, 0.5) is 13.2 Å². The third-order valence-electron chi connectivity index (χ3n) is 6.14. The lowest BCUT2D eigenvalue weighted by molar-refractivity contribution is -0.0500. The summed E-state index contributed by atoms with van der Waals surface area (Å²) in [4.78, 5) is 11.4. The van der Waals surface area contributed by atoms with Gasteiger partial charge in [-0.05, 0) is 59.0 Å². The maximum Gasteiger partial charge on any atom is 0.534 e. The number of aliphatic imine (C=N–C) groups is 2. The molecule has 3 aromatic carbocycles. The Kier molecular flexibility index (Phi) is 6.15. The van der Waals surface area contributed by atoms with E-state index < -0.39 is 26.9 Å². The summed E-state index contributed by atoms with van der Waals surface area (Å²) in [7, 11) is -5.81. The van der Waals surface area contributed by atoms with E-state index in [1.165, 1.54) is 12.1 Å². The molecule has 7 nitrogen and oxygen atoms in total. The van der Waals surface area contributed by atoms with Crippen LogP contribution < -0.4 is 9.92 Å². The molecule has 0 bridgehead atoms. The van der Waals surface area contributed by atoms with E-state index in [2.05, 4.69) is 4.18 Å². The Labute approximate surface area is 216 Å². The largest absolute Gasteiger partial charge is 0.534 e. The highest BCUT2D eigenvalue weighted by atomic mass is 35.5. The number of amidine groups is 1. The molecule has 37 heavy (non-hydrogen) atoms. The van der Waals surface area contributed by atoms with Gasteiger partial charge in [-0.3, -0.25) is 9.89 Å². The van der Waals surface area contributed by atoms with Gasteiger partial charge in [-0.2, -0.15) is 21.6 Å². The van der Waals surface area contributed by atoms with Crippen molar-refractivity contribution in [1.82, 2.24) is 4.90 Å². The minimum absolute atomic E-state index is 0.256. The molecule has 0 radical (unpaired) electrons. The summed E-state index contributed by atoms with van der Waals surface area (Å²) in [6.45, 7) is 1.16. The minimum atomic E-state index is -5.81. The van der Waals surface area contributed by atoms with Gasteiger partial charge in [0.15, 0.2) is 11.5 Å². The number of hydrogen-bond acceptors (Lipinski definition) is 7. The third kappa shape index (κ3) is 4.42. The average Bonchev–Trinajstić information content (AvgIpc) is 3.17. The number of nitrogens with two attached hydrogens (primary N) is 1. The van der Waals surface area contributed by atoms with Crippen LogP contribution in [0.5, 0.6) is 5.75 Å². The zero-order valence-corrected chi connectivity index (χ0v) is 20.7. The highest BCUT2D eigenvalue weighted by Crippen LogP contribution is 2.43. The Morgan fingerprint density at radius 3 is 2.32 bits per heavy atom. The molecule has 1 atom stereocenters. The highest BCUT2D eigenvalue weighted by molar-refractivity contribution is 7.88. The van der Waals surface area contributed by atoms with E-state index in [-0.39, 0.29) is 5.96 Å². The van der Waals surface area contributed by atoms with E-state index in [4.69, 9.17) is 27.3 Å². The van der Waals surface area contributed by atoms with Gasteiger partial charge in [-0.15, -0.1) is 0 Å². The summed E-state index contributed by atoms with van der Waals surface area (Å²) in [5, 5.41) is 0.577. The van der Waals surface area contributed by atoms with Gasteiger partial charge in [-0.1, -0.05) is 54.1 Å². The third-order valence-corrected chi connectivity index (χ3v) is 7.35. The maximum absolute atomic E-state index is 12.8. The molecular formula is C25H20ClF3N4O3S. The van der Waals surface area contributed by atoms with Crippen molar-refractivity contribution < 1.29 is 25.8 Å². The molecule has 12 heteroatoms. The summed E-state index contributed by atoms with van der Waals surface area (Å²) in [6, 6.07) is 20.2. The van der Waals surface area contributed by atoms with Crippen LogP contribution in [0, 0.1) is 0 Å². The summed E-state index contributed by atoms with van der Waals surface area (Å²) >= 11 is 6.19. The van der Waals surface area contributed by atoms with Gasteiger partial charge in [0, 0.05) is 18.1 Å². The van der Waals surface area contributed by atoms with E-state index >= 15 is 0 Å². The van der Waals surface area contributed by atoms with Crippen LogP contribution in [0.2, 0.25) is 5.02 Å². The van der Waals surface area contributed by atoms with E-state index in [0.29, 0.717) is 35.1 Å². The smallest absolute Gasteiger partial charge is 0.376 e. The molecule has 2 N–H and O–H groups in total. The summed E-state index contributed by atoms with van der Waals surface area (Å²) < 4.78 is 65.5. The van der Waals surface area contributed by atoms with Gasteiger partial charge in [0.2, 0.25) is 0 Å². The Bertz CT molecular complexity index is 1520. The molecule has 0 saturated heterocycles. The highest BCUT2D eigenvalue weighted by Gasteiger charge is 2.50. The van der Waals surface area contributed by atoms with Gasteiger partial charge < -0.3 is 9.92 Å². The molecular weight excluding hydrogens is 529 g/mol. The van der Waals surface area contributed by atoms with Gasteiger partial charge in [-0.25, -0.2) is 4.99 Å². The minimum Gasteiger partial charge on any atom is -0.376 e. The zero-order valence-electron chi connectivity index (χ0n) is 19.1. The van der Waals surface area contributed by atoms with Crippen LogP contribution in [0.15, 0.2) is 82.8 Å². The molecule has 5 rings (SSSR count). The molecule has 2 aliphatic rings. The molecule has 0 fully saturated rings. The number of guanidine groups is 1. The summed E-state index contributed by atoms with van der Waals surface area (Å²) in [5.74, 6) is 0.351. The summed E-state index contributed by atoms with van der Waals surface area (Å²) in [5.41, 5.74) is 2.54. The first kappa shape index (κ1) is 25.1. The predicted molar refractivity (Wildman–Crippen MR) is 135 cm³/mol. The second kappa shape index (κ2) is 9.07. The molecule has 2 heterocycles. The van der Waals surface area contributed by atoms with E-state index in [0.717, 1.165) is 29.7 Å². The van der Waals surface area contributed by atoms with Crippen LogP contribution >= 0.6 is 11.6 Å². The van der Waals surface area contributed by atoms with Crippen LogP contribution in [0.1, 0.15) is 17.5 Å². The molecule has 0 spiro atoms.